The van der Waals surface area contributed by atoms with Gasteiger partial charge in [0, 0.05) is 36.8 Å². The summed E-state index contributed by atoms with van der Waals surface area (Å²) in [6.45, 7) is 7.16. The maximum Gasteiger partial charge on any atom is 0.410 e. The number of nitrogens with zero attached hydrogens (tertiary/aromatic N) is 8. The molecule has 0 N–H and O–H groups in total. The fraction of sp³-hybridized carbons (Fsp3) is 0.423. The third-order valence-electron chi connectivity index (χ3n) is 6.38. The van der Waals surface area contributed by atoms with Gasteiger partial charge >= 0.3 is 6.09 Å². The molecule has 0 aromatic carbocycles. The number of amides is 1. The normalized spacial score (nSPS) is 13.9. The molecule has 1 saturated carbocycles. The molecule has 12 nitrogen and oxygen atoms in total. The van der Waals surface area contributed by atoms with Gasteiger partial charge in [0.25, 0.3) is 5.69 Å². The summed E-state index contributed by atoms with van der Waals surface area (Å²) in [5.41, 5.74) is 2.87. The molecule has 5 rings (SSSR count). The molecule has 198 valence electrons. The minimum atomic E-state index is -0.550. The highest BCUT2D eigenvalue weighted by Crippen LogP contribution is 2.28. The van der Waals surface area contributed by atoms with Crippen molar-refractivity contribution in [1.82, 2.24) is 34.3 Å². The van der Waals surface area contributed by atoms with Crippen LogP contribution in [0.4, 0.5) is 10.5 Å². The van der Waals surface area contributed by atoms with Crippen molar-refractivity contribution in [3.63, 3.8) is 0 Å². The lowest BCUT2D eigenvalue weighted by atomic mass is 9.85. The molecule has 1 amide bonds. The SMILES string of the molecule is CC(C)(C)OC(=O)N(Cc1ccc2nc(Cn3cc(-c4cncc([N+](=O)[O-])c4)nn3)cn2c1)CC1CCC1. The second kappa shape index (κ2) is 10.2. The highest BCUT2D eigenvalue weighted by atomic mass is 16.6. The van der Waals surface area contributed by atoms with Crippen LogP contribution in [0.3, 0.4) is 0 Å². The average Bonchev–Trinajstić information content (AvgIpc) is 3.46. The highest BCUT2D eigenvalue weighted by Gasteiger charge is 2.27. The number of hydrogen-bond acceptors (Lipinski definition) is 8. The highest BCUT2D eigenvalue weighted by molar-refractivity contribution is 5.68. The second-order valence-electron chi connectivity index (χ2n) is 10.7. The van der Waals surface area contributed by atoms with E-state index in [1.54, 1.807) is 15.8 Å². The van der Waals surface area contributed by atoms with Gasteiger partial charge in [-0.2, -0.15) is 0 Å². The monoisotopic (exact) mass is 518 g/mol. The maximum absolute atomic E-state index is 12.9. The molecule has 4 aromatic rings. The number of aromatic nitrogens is 6. The lowest BCUT2D eigenvalue weighted by Gasteiger charge is -2.33. The van der Waals surface area contributed by atoms with Crippen LogP contribution in [-0.4, -0.2) is 57.4 Å². The molecule has 4 aromatic heterocycles. The molecule has 0 saturated heterocycles. The zero-order valence-corrected chi connectivity index (χ0v) is 21.6. The third-order valence-corrected chi connectivity index (χ3v) is 6.38. The Balaban J connectivity index is 1.30. The number of ether oxygens (including phenoxy) is 1. The summed E-state index contributed by atoms with van der Waals surface area (Å²) in [6, 6.07) is 5.32. The standard InChI is InChI=1S/C26H30N8O4/c1-26(2,3)38-25(35)32(12-18-5-4-6-18)14-19-7-8-24-28-21(15-31(24)13-19)16-33-17-23(29-30-33)20-9-22(34(36)37)11-27-10-20/h7-11,13,15,17-18H,4-6,12,14,16H2,1-3H3. The van der Waals surface area contributed by atoms with Crippen molar-refractivity contribution < 1.29 is 14.5 Å². The lowest BCUT2D eigenvalue weighted by molar-refractivity contribution is -0.385. The maximum atomic E-state index is 12.9. The first-order chi connectivity index (χ1) is 18.1. The van der Waals surface area contributed by atoms with E-state index in [0.29, 0.717) is 36.8 Å². The molecule has 0 aliphatic heterocycles. The van der Waals surface area contributed by atoms with E-state index in [9.17, 15) is 14.9 Å². The summed E-state index contributed by atoms with van der Waals surface area (Å²) in [5.74, 6) is 0.525. The van der Waals surface area contributed by atoms with Crippen LogP contribution >= 0.6 is 0 Å². The van der Waals surface area contributed by atoms with Crippen molar-refractivity contribution in [2.45, 2.75) is 58.7 Å². The van der Waals surface area contributed by atoms with Crippen molar-refractivity contribution in [3.05, 3.63) is 70.6 Å². The Kier molecular flexibility index (Phi) is 6.79. The summed E-state index contributed by atoms with van der Waals surface area (Å²) in [6.07, 6.45) is 11.5. The van der Waals surface area contributed by atoms with Gasteiger partial charge in [-0.3, -0.25) is 15.1 Å². The number of carbonyl (C=O) groups is 1. The van der Waals surface area contributed by atoms with E-state index < -0.39 is 10.5 Å². The lowest BCUT2D eigenvalue weighted by Crippen LogP contribution is -2.40. The largest absolute Gasteiger partial charge is 0.444 e. The van der Waals surface area contributed by atoms with Crippen LogP contribution in [0, 0.1) is 16.0 Å². The summed E-state index contributed by atoms with van der Waals surface area (Å²) < 4.78 is 9.23. The van der Waals surface area contributed by atoms with Crippen molar-refractivity contribution in [2.75, 3.05) is 6.54 Å². The Hall–Kier alpha value is -4.35. The van der Waals surface area contributed by atoms with Gasteiger partial charge in [0.15, 0.2) is 0 Å². The van der Waals surface area contributed by atoms with E-state index in [-0.39, 0.29) is 11.8 Å². The third kappa shape index (κ3) is 5.96. The molecule has 0 unspecified atom stereocenters. The molecule has 0 spiro atoms. The predicted molar refractivity (Wildman–Crippen MR) is 138 cm³/mol. The van der Waals surface area contributed by atoms with Crippen LogP contribution in [0.5, 0.6) is 0 Å². The first kappa shape index (κ1) is 25.3. The zero-order valence-electron chi connectivity index (χ0n) is 21.6. The fourth-order valence-electron chi connectivity index (χ4n) is 4.34. The number of rotatable bonds is 8. The molecule has 0 bridgehead atoms. The smallest absolute Gasteiger partial charge is 0.410 e. The zero-order chi connectivity index (χ0) is 26.9. The van der Waals surface area contributed by atoms with Gasteiger partial charge in [0.2, 0.25) is 0 Å². The Bertz CT molecular complexity index is 1470. The number of nitro groups is 1. The summed E-state index contributed by atoms with van der Waals surface area (Å²) in [4.78, 5) is 33.8. The van der Waals surface area contributed by atoms with Crippen molar-refractivity contribution in [3.8, 4) is 11.3 Å². The second-order valence-corrected chi connectivity index (χ2v) is 10.7. The van der Waals surface area contributed by atoms with E-state index in [2.05, 4.69) is 20.3 Å². The average molecular weight is 519 g/mol. The van der Waals surface area contributed by atoms with Crippen molar-refractivity contribution >= 4 is 17.4 Å². The van der Waals surface area contributed by atoms with E-state index in [1.807, 2.05) is 49.7 Å². The van der Waals surface area contributed by atoms with Gasteiger partial charge in [0.1, 0.15) is 23.1 Å². The van der Waals surface area contributed by atoms with Gasteiger partial charge in [-0.1, -0.05) is 17.7 Å². The molecule has 0 atom stereocenters. The minimum absolute atomic E-state index is 0.105. The topological polar surface area (TPSA) is 134 Å². The number of hydrogen-bond donors (Lipinski definition) is 0. The molecule has 4 heterocycles. The van der Waals surface area contributed by atoms with E-state index in [0.717, 1.165) is 29.7 Å². The van der Waals surface area contributed by atoms with E-state index in [1.165, 1.54) is 24.9 Å². The fourth-order valence-corrected chi connectivity index (χ4v) is 4.34. The van der Waals surface area contributed by atoms with Crippen LogP contribution in [-0.2, 0) is 17.8 Å². The summed E-state index contributed by atoms with van der Waals surface area (Å²) in [7, 11) is 0. The first-order valence-electron chi connectivity index (χ1n) is 12.6. The number of carbonyl (C=O) groups excluding carboxylic acids is 1. The quantitative estimate of drug-likeness (QED) is 0.246. The molecule has 1 fully saturated rings. The van der Waals surface area contributed by atoms with Crippen LogP contribution in [0.25, 0.3) is 16.9 Å². The molecule has 1 aliphatic carbocycles. The predicted octanol–water partition coefficient (Wildman–Crippen LogP) is 4.48. The van der Waals surface area contributed by atoms with Gasteiger partial charge in [-0.25, -0.2) is 14.5 Å². The molecular weight excluding hydrogens is 488 g/mol. The number of pyridine rings is 2. The molecule has 12 heteroatoms. The summed E-state index contributed by atoms with van der Waals surface area (Å²) in [5, 5.41) is 19.3. The molecule has 38 heavy (non-hydrogen) atoms. The number of fused-ring (bicyclic) bond motifs is 1. The Labute approximate surface area is 219 Å². The van der Waals surface area contributed by atoms with Gasteiger partial charge in [0.05, 0.1) is 29.9 Å². The van der Waals surface area contributed by atoms with Crippen LogP contribution in [0.2, 0.25) is 0 Å². The van der Waals surface area contributed by atoms with Crippen molar-refractivity contribution in [1.29, 1.82) is 0 Å². The Morgan fingerprint density at radius 2 is 2.03 bits per heavy atom. The van der Waals surface area contributed by atoms with Crippen LogP contribution < -0.4 is 0 Å². The molecule has 0 radical (unpaired) electrons. The van der Waals surface area contributed by atoms with Gasteiger partial charge < -0.3 is 14.0 Å². The minimum Gasteiger partial charge on any atom is -0.444 e. The van der Waals surface area contributed by atoms with E-state index >= 15 is 0 Å². The Morgan fingerprint density at radius 1 is 1.21 bits per heavy atom. The number of imidazole rings is 1. The Morgan fingerprint density at radius 3 is 2.74 bits per heavy atom. The summed E-state index contributed by atoms with van der Waals surface area (Å²) >= 11 is 0. The van der Waals surface area contributed by atoms with Gasteiger partial charge in [-0.15, -0.1) is 5.10 Å². The molecule has 1 aliphatic rings. The van der Waals surface area contributed by atoms with Crippen molar-refractivity contribution in [2.24, 2.45) is 5.92 Å². The molecular formula is C26H30N8O4. The van der Waals surface area contributed by atoms with Crippen LogP contribution in [0.1, 0.15) is 51.3 Å². The van der Waals surface area contributed by atoms with Crippen LogP contribution in [0.15, 0.2) is 49.2 Å². The first-order valence-corrected chi connectivity index (χ1v) is 12.6. The van der Waals surface area contributed by atoms with Gasteiger partial charge in [-0.05, 0) is 51.2 Å². The van der Waals surface area contributed by atoms with E-state index in [4.69, 9.17) is 4.74 Å².